The van der Waals surface area contributed by atoms with E-state index in [1.165, 1.54) is 37.4 Å². The Bertz CT molecular complexity index is 1670. The van der Waals surface area contributed by atoms with Gasteiger partial charge >= 0.3 is 289 Å². The van der Waals surface area contributed by atoms with Crippen molar-refractivity contribution < 1.29 is 13.5 Å². The van der Waals surface area contributed by atoms with E-state index in [2.05, 4.69) is 212 Å². The predicted octanol–water partition coefficient (Wildman–Crippen LogP) is 8.78. The summed E-state index contributed by atoms with van der Waals surface area (Å²) in [5.41, 5.74) is -4.83. The topological polar surface area (TPSA) is 0 Å². The quantitative estimate of drug-likeness (QED) is 0.0967. The van der Waals surface area contributed by atoms with E-state index in [9.17, 15) is 9.53 Å². The molecule has 4 heteroatoms. The summed E-state index contributed by atoms with van der Waals surface area (Å²) in [6.07, 6.45) is 0. The van der Waals surface area contributed by atoms with Crippen LogP contribution in [0.1, 0.15) is 5.56 Å². The molecule has 238 valence electrons. The molecule has 7 aromatic carbocycles. The number of halogens is 1. The number of rotatable bonds is 10. The molecule has 0 radical (unpaired) electrons. The van der Waals surface area contributed by atoms with Gasteiger partial charge in [0, 0.05) is 0 Å². The molecule has 0 atom stereocenters. The summed E-state index contributed by atoms with van der Waals surface area (Å²) in [4.78, 5) is 0.836. The Hall–Kier alpha value is -3.65. The average Bonchev–Trinajstić information content (AvgIpc) is 3.15. The van der Waals surface area contributed by atoms with Gasteiger partial charge in [0.05, 0.1) is 0 Å². The van der Waals surface area contributed by atoms with Gasteiger partial charge in [-0.2, -0.15) is 0 Å². The van der Waals surface area contributed by atoms with Crippen molar-refractivity contribution in [1.29, 1.82) is 0 Å². The minimum absolute atomic E-state index is 0.836. The molecule has 0 aliphatic rings. The number of benzene rings is 7. The van der Waals surface area contributed by atoms with Gasteiger partial charge in [-0.15, -0.1) is 0 Å². The molecular weight excluding hydrogens is 720 g/mol. The van der Waals surface area contributed by atoms with Crippen LogP contribution in [0.2, 0.25) is 0 Å². The van der Waals surface area contributed by atoms with Gasteiger partial charge in [-0.05, 0) is 0 Å². The summed E-state index contributed by atoms with van der Waals surface area (Å²) in [6.45, 7) is 0. The van der Waals surface area contributed by atoms with Gasteiger partial charge in [0.25, 0.3) is 0 Å². The Kier molecular flexibility index (Phi) is 9.66. The zero-order valence-electron chi connectivity index (χ0n) is 26.1. The molecule has 0 aliphatic heterocycles. The third-order valence-electron chi connectivity index (χ3n) is 8.80. The molecule has 0 bridgehead atoms. The van der Waals surface area contributed by atoms with Crippen molar-refractivity contribution in [2.45, 2.75) is 4.89 Å². The second kappa shape index (κ2) is 14.2. The molecule has 0 N–H and O–H groups in total. The summed E-state index contributed by atoms with van der Waals surface area (Å²) in [6, 6.07) is 79.1. The van der Waals surface area contributed by atoms with E-state index in [1.807, 2.05) is 0 Å². The van der Waals surface area contributed by atoms with Crippen molar-refractivity contribution >= 4 is 52.3 Å². The number of hydrogen-bond acceptors (Lipinski definition) is 0. The van der Waals surface area contributed by atoms with Crippen LogP contribution in [0, 0.1) is 0 Å². The van der Waals surface area contributed by atoms with E-state index in [1.54, 1.807) is 0 Å². The first kappa shape index (κ1) is 31.9. The van der Waals surface area contributed by atoms with Crippen molar-refractivity contribution in [2.75, 3.05) is 0 Å². The van der Waals surface area contributed by atoms with Gasteiger partial charge in [-0.1, -0.05) is 0 Å². The van der Waals surface area contributed by atoms with Crippen LogP contribution < -0.4 is 31.8 Å². The maximum absolute atomic E-state index is 9.40. The van der Waals surface area contributed by atoms with Crippen LogP contribution in [0.25, 0.3) is 0 Å². The van der Waals surface area contributed by atoms with Crippen LogP contribution in [0.4, 0.5) is 0 Å². The van der Waals surface area contributed by atoms with E-state index in [4.69, 9.17) is 0 Å². The fourth-order valence-corrected chi connectivity index (χ4v) is 64.4. The van der Waals surface area contributed by atoms with Crippen LogP contribution in [0.3, 0.4) is 0 Å². The van der Waals surface area contributed by atoms with Crippen molar-refractivity contribution in [3.63, 3.8) is 0 Å². The summed E-state index contributed by atoms with van der Waals surface area (Å²) in [5.74, 6) is 0. The van der Waals surface area contributed by atoms with Gasteiger partial charge in [0.1, 0.15) is 0 Å². The standard InChI is InChI=1S/2C18H15P.C7H7.ClH.Pd/c2*1-4-10-16(11-5-1)19(17-12-6-2-7-13-17)18-14-8-3-9-15-18;1-7-5-3-2-4-6-7;;/h2*1-15H;2-6H,1H2;1H;/q;;;;-1/p+1. The zero-order chi connectivity index (χ0) is 32.0. The molecule has 0 nitrogen and oxygen atoms in total. The summed E-state index contributed by atoms with van der Waals surface area (Å²) in [7, 11) is 9.40. The maximum atomic E-state index is 9.40. The van der Waals surface area contributed by atoms with Crippen LogP contribution in [-0.2, 0) is 18.4 Å². The number of hydrogen-bond donors (Lipinski definition) is 0. The van der Waals surface area contributed by atoms with Gasteiger partial charge in [-0.3, -0.25) is 0 Å². The molecule has 0 saturated carbocycles. The fourth-order valence-electron chi connectivity index (χ4n) is 6.89. The second-order valence-corrected chi connectivity index (χ2v) is 40.5. The molecule has 0 heterocycles. The Morgan fingerprint density at radius 1 is 0.298 bits per heavy atom. The molecule has 0 unspecified atom stereocenters. The van der Waals surface area contributed by atoms with Crippen molar-refractivity contribution in [2.24, 2.45) is 0 Å². The van der Waals surface area contributed by atoms with Gasteiger partial charge in [0.2, 0.25) is 0 Å². The van der Waals surface area contributed by atoms with Crippen LogP contribution >= 0.6 is 20.4 Å². The first-order valence-corrected chi connectivity index (χ1v) is 27.3. The molecule has 0 aromatic heterocycles. The molecule has 47 heavy (non-hydrogen) atoms. The first-order valence-electron chi connectivity index (χ1n) is 15.9. The molecule has 0 amide bonds. The molecule has 0 fully saturated rings. The molecule has 7 rings (SSSR count). The van der Waals surface area contributed by atoms with Gasteiger partial charge in [-0.25, -0.2) is 0 Å². The van der Waals surface area contributed by atoms with E-state index in [0.717, 1.165) is 4.89 Å². The monoisotopic (exact) mass is 758 g/mol. The van der Waals surface area contributed by atoms with Crippen LogP contribution in [0.5, 0.6) is 0 Å². The van der Waals surface area contributed by atoms with Crippen LogP contribution in [0.15, 0.2) is 212 Å². The molecular formula is C43H39ClP2Pd. The predicted molar refractivity (Wildman–Crippen MR) is 209 cm³/mol. The van der Waals surface area contributed by atoms with Gasteiger partial charge in [0.15, 0.2) is 0 Å². The normalized spacial score (nSPS) is 14.4. The fraction of sp³-hybridized carbons (Fsp3) is 0.0233. The second-order valence-electron chi connectivity index (χ2n) is 11.5. The Morgan fingerprint density at radius 2 is 0.489 bits per heavy atom. The minimum atomic E-state index is -3.44. The molecule has 0 aliphatic carbocycles. The summed E-state index contributed by atoms with van der Waals surface area (Å²) < 4.78 is 0. The third-order valence-corrected chi connectivity index (χ3v) is 54.0. The Morgan fingerprint density at radius 3 is 0.702 bits per heavy atom. The van der Waals surface area contributed by atoms with E-state index < -0.39 is 24.4 Å². The van der Waals surface area contributed by atoms with Gasteiger partial charge < -0.3 is 0 Å². The SMILES string of the molecule is [Cl][Pd]([CH2]c1ccccc1)([PH](c1ccccc1)(c1ccccc1)c1ccccc1)[PH](c1ccccc1)(c1ccccc1)c1ccccc1. The zero-order valence-corrected chi connectivity index (χ0v) is 30.4. The molecule has 0 saturated heterocycles. The van der Waals surface area contributed by atoms with Crippen molar-refractivity contribution in [1.82, 2.24) is 0 Å². The third kappa shape index (κ3) is 5.56. The van der Waals surface area contributed by atoms with E-state index in [0.29, 0.717) is 0 Å². The van der Waals surface area contributed by atoms with Crippen molar-refractivity contribution in [3.05, 3.63) is 218 Å². The Labute approximate surface area is 286 Å². The molecule has 0 spiro atoms. The van der Waals surface area contributed by atoms with E-state index in [-0.39, 0.29) is 0 Å². The summed E-state index contributed by atoms with van der Waals surface area (Å²) in [5, 5.41) is 8.25. The first-order chi connectivity index (χ1) is 23.2. The molecule has 7 aromatic rings. The van der Waals surface area contributed by atoms with Crippen molar-refractivity contribution in [3.8, 4) is 0 Å². The van der Waals surface area contributed by atoms with E-state index >= 15 is 0 Å². The average molecular weight is 760 g/mol. The van der Waals surface area contributed by atoms with Crippen LogP contribution in [-0.4, -0.2) is 0 Å². The summed E-state index contributed by atoms with van der Waals surface area (Å²) >= 11 is -3.44. The Balaban J connectivity index is 1.77.